The number of amides is 1. The summed E-state index contributed by atoms with van der Waals surface area (Å²) >= 11 is 0. The maximum absolute atomic E-state index is 15.2. The first kappa shape index (κ1) is 25.8. The monoisotopic (exact) mass is 482 g/mol. The first-order valence-electron chi connectivity index (χ1n) is 11.2. The van der Waals surface area contributed by atoms with Crippen LogP contribution in [0.25, 0.3) is 0 Å². The van der Waals surface area contributed by atoms with Gasteiger partial charge in [-0.1, -0.05) is 24.3 Å². The highest BCUT2D eigenvalue weighted by atomic mass is 19.1. The number of nitrogens with zero attached hydrogens (tertiary/aromatic N) is 1. The van der Waals surface area contributed by atoms with Crippen molar-refractivity contribution in [1.29, 1.82) is 5.41 Å². The molecule has 4 N–H and O–H groups in total. The summed E-state index contributed by atoms with van der Waals surface area (Å²) < 4.78 is 40.9. The van der Waals surface area contributed by atoms with Crippen molar-refractivity contribution in [2.45, 2.75) is 32.4 Å². The van der Waals surface area contributed by atoms with Crippen LogP contribution in [0.3, 0.4) is 0 Å². The second kappa shape index (κ2) is 12.6. The smallest absolute Gasteiger partial charge is 0.254 e. The Bertz CT molecular complexity index is 1140. The zero-order valence-corrected chi connectivity index (χ0v) is 19.4. The Morgan fingerprint density at radius 1 is 1.09 bits per heavy atom. The van der Waals surface area contributed by atoms with Crippen LogP contribution in [-0.4, -0.2) is 29.9 Å². The van der Waals surface area contributed by atoms with Gasteiger partial charge in [-0.2, -0.15) is 0 Å². The molecule has 9 heteroatoms. The molecule has 3 aromatic rings. The van der Waals surface area contributed by atoms with Gasteiger partial charge in [0.1, 0.15) is 11.7 Å². The summed E-state index contributed by atoms with van der Waals surface area (Å²) in [6.07, 6.45) is 3.24. The third kappa shape index (κ3) is 7.07. The zero-order chi connectivity index (χ0) is 25.2. The van der Waals surface area contributed by atoms with Gasteiger partial charge in [0.25, 0.3) is 5.91 Å². The topological polar surface area (TPSA) is 110 Å². The van der Waals surface area contributed by atoms with Crippen molar-refractivity contribution in [3.8, 4) is 5.75 Å². The largest absolute Gasteiger partial charge is 0.490 e. The SMILES string of the molecule is CCO[C@H](C(=O)NCc1ccc(C(=N)N)cc1)c1c(F)ccc(OCCCc2ccncc2)c1F. The Hall–Kier alpha value is -3.85. The van der Waals surface area contributed by atoms with Gasteiger partial charge in [0.15, 0.2) is 17.7 Å². The minimum Gasteiger partial charge on any atom is -0.490 e. The van der Waals surface area contributed by atoms with E-state index in [9.17, 15) is 9.18 Å². The van der Waals surface area contributed by atoms with Gasteiger partial charge in [-0.3, -0.25) is 15.2 Å². The van der Waals surface area contributed by atoms with Crippen molar-refractivity contribution < 1.29 is 23.0 Å². The fraction of sp³-hybridized carbons (Fsp3) is 0.269. The van der Waals surface area contributed by atoms with Crippen LogP contribution in [-0.2, 0) is 22.5 Å². The summed E-state index contributed by atoms with van der Waals surface area (Å²) in [5, 5.41) is 10.1. The Balaban J connectivity index is 1.67. The number of pyridine rings is 1. The highest BCUT2D eigenvalue weighted by Crippen LogP contribution is 2.30. The van der Waals surface area contributed by atoms with Crippen LogP contribution < -0.4 is 15.8 Å². The van der Waals surface area contributed by atoms with Crippen molar-refractivity contribution >= 4 is 11.7 Å². The molecule has 184 valence electrons. The minimum absolute atomic E-state index is 0.0672. The molecule has 0 bridgehead atoms. The number of aromatic nitrogens is 1. The first-order chi connectivity index (χ1) is 16.9. The molecule has 0 radical (unpaired) electrons. The number of nitrogens with two attached hydrogens (primary N) is 1. The predicted octanol–water partition coefficient (Wildman–Crippen LogP) is 4.05. The summed E-state index contributed by atoms with van der Waals surface area (Å²) in [5.41, 5.74) is 7.30. The number of nitrogens with one attached hydrogen (secondary N) is 2. The third-order valence-corrected chi connectivity index (χ3v) is 5.27. The number of aryl methyl sites for hydroxylation is 1. The van der Waals surface area contributed by atoms with Gasteiger partial charge in [0.05, 0.1) is 12.2 Å². The number of hydrogen-bond acceptors (Lipinski definition) is 5. The molecule has 7 nitrogen and oxygen atoms in total. The van der Waals surface area contributed by atoms with Gasteiger partial charge < -0.3 is 20.5 Å². The highest BCUT2D eigenvalue weighted by molar-refractivity contribution is 5.94. The van der Waals surface area contributed by atoms with E-state index in [4.69, 9.17) is 20.6 Å². The van der Waals surface area contributed by atoms with Gasteiger partial charge in [-0.15, -0.1) is 0 Å². The molecule has 1 heterocycles. The fourth-order valence-electron chi connectivity index (χ4n) is 3.45. The lowest BCUT2D eigenvalue weighted by Gasteiger charge is -2.20. The lowest BCUT2D eigenvalue weighted by molar-refractivity contribution is -0.133. The summed E-state index contributed by atoms with van der Waals surface area (Å²) in [5.74, 6) is -2.76. The number of carbonyl (C=O) groups is 1. The molecule has 0 saturated heterocycles. The second-order valence-corrected chi connectivity index (χ2v) is 7.74. The Labute approximate surface area is 202 Å². The van der Waals surface area contributed by atoms with Crippen molar-refractivity contribution in [3.05, 3.63) is 94.8 Å². The maximum atomic E-state index is 15.2. The molecule has 2 aromatic carbocycles. The van der Waals surface area contributed by atoms with E-state index in [1.807, 2.05) is 12.1 Å². The molecule has 0 fully saturated rings. The number of ether oxygens (including phenoxy) is 2. The number of hydrogen-bond donors (Lipinski definition) is 3. The molecule has 1 atom stereocenters. The molecule has 0 aliphatic rings. The van der Waals surface area contributed by atoms with Crippen LogP contribution >= 0.6 is 0 Å². The zero-order valence-electron chi connectivity index (χ0n) is 19.4. The van der Waals surface area contributed by atoms with Gasteiger partial charge in [0.2, 0.25) is 0 Å². The van der Waals surface area contributed by atoms with Crippen molar-refractivity contribution in [1.82, 2.24) is 10.3 Å². The predicted molar refractivity (Wildman–Crippen MR) is 128 cm³/mol. The van der Waals surface area contributed by atoms with Crippen molar-refractivity contribution in [3.63, 3.8) is 0 Å². The van der Waals surface area contributed by atoms with Gasteiger partial charge in [-0.25, -0.2) is 8.78 Å². The Kier molecular flexibility index (Phi) is 9.25. The van der Waals surface area contributed by atoms with Crippen molar-refractivity contribution in [2.24, 2.45) is 5.73 Å². The number of rotatable bonds is 12. The summed E-state index contributed by atoms with van der Waals surface area (Å²) in [6.45, 7) is 2.03. The van der Waals surface area contributed by atoms with E-state index in [1.54, 1.807) is 43.6 Å². The number of benzene rings is 2. The van der Waals surface area contributed by atoms with Gasteiger partial charge >= 0.3 is 0 Å². The van der Waals surface area contributed by atoms with Gasteiger partial charge in [0, 0.05) is 31.1 Å². The molecular formula is C26H28F2N4O3. The quantitative estimate of drug-likeness (QED) is 0.205. The van der Waals surface area contributed by atoms with E-state index in [2.05, 4.69) is 10.3 Å². The number of halogens is 2. The molecule has 3 rings (SSSR count). The van der Waals surface area contributed by atoms with E-state index in [1.165, 1.54) is 6.07 Å². The third-order valence-electron chi connectivity index (χ3n) is 5.27. The van der Waals surface area contributed by atoms with Crippen LogP contribution in [0.2, 0.25) is 0 Å². The normalized spacial score (nSPS) is 11.6. The summed E-state index contributed by atoms with van der Waals surface area (Å²) in [4.78, 5) is 16.8. The maximum Gasteiger partial charge on any atom is 0.254 e. The number of nitrogen functional groups attached to an aromatic ring is 1. The average molecular weight is 483 g/mol. The van der Waals surface area contributed by atoms with Crippen LogP contribution in [0.4, 0.5) is 8.78 Å². The molecule has 0 saturated carbocycles. The van der Waals surface area contributed by atoms with Crippen molar-refractivity contribution in [2.75, 3.05) is 13.2 Å². The first-order valence-corrected chi connectivity index (χ1v) is 11.2. The van der Waals surface area contributed by atoms with Crippen LogP contribution in [0.15, 0.2) is 60.9 Å². The van der Waals surface area contributed by atoms with Crippen LogP contribution in [0, 0.1) is 17.0 Å². The highest BCUT2D eigenvalue weighted by Gasteiger charge is 2.29. The molecular weight excluding hydrogens is 454 g/mol. The Morgan fingerprint density at radius 2 is 1.80 bits per heavy atom. The number of amidine groups is 1. The fourth-order valence-corrected chi connectivity index (χ4v) is 3.45. The van der Waals surface area contributed by atoms with E-state index in [0.29, 0.717) is 12.0 Å². The number of carbonyl (C=O) groups excluding carboxylic acids is 1. The van der Waals surface area contributed by atoms with E-state index >= 15 is 4.39 Å². The molecule has 0 aliphatic heterocycles. The van der Waals surface area contributed by atoms with Crippen LogP contribution in [0.5, 0.6) is 5.75 Å². The average Bonchev–Trinajstić information content (AvgIpc) is 2.86. The van der Waals surface area contributed by atoms with Crippen LogP contribution in [0.1, 0.15) is 41.7 Å². The summed E-state index contributed by atoms with van der Waals surface area (Å²) in [6, 6.07) is 12.8. The summed E-state index contributed by atoms with van der Waals surface area (Å²) in [7, 11) is 0. The van der Waals surface area contributed by atoms with E-state index in [-0.39, 0.29) is 31.3 Å². The van der Waals surface area contributed by atoms with E-state index in [0.717, 1.165) is 23.6 Å². The van der Waals surface area contributed by atoms with Gasteiger partial charge in [-0.05, 0) is 55.2 Å². The minimum atomic E-state index is -1.49. The molecule has 1 amide bonds. The molecule has 1 aromatic heterocycles. The molecule has 35 heavy (non-hydrogen) atoms. The standard InChI is InChI=1S/C26H28F2N4O3/c1-2-34-24(26(33)32-16-18-5-7-19(8-6-18)25(29)30)22-20(27)9-10-21(23(22)28)35-15-3-4-17-11-13-31-14-12-17/h5-14,24H,2-4,15-16H2,1H3,(H3,29,30)(H,32,33)/t24-/m0/s1. The Morgan fingerprint density at radius 3 is 2.46 bits per heavy atom. The molecule has 0 unspecified atom stereocenters. The molecule has 0 aliphatic carbocycles. The second-order valence-electron chi connectivity index (χ2n) is 7.74. The molecule has 0 spiro atoms. The lowest BCUT2D eigenvalue weighted by Crippen LogP contribution is -2.31. The van der Waals surface area contributed by atoms with E-state index < -0.39 is 29.2 Å². The lowest BCUT2D eigenvalue weighted by atomic mass is 10.1.